The van der Waals surface area contributed by atoms with Crippen LogP contribution in [-0.2, 0) is 0 Å². The van der Waals surface area contributed by atoms with Crippen molar-refractivity contribution in [1.82, 2.24) is 19.5 Å². The van der Waals surface area contributed by atoms with E-state index < -0.39 is 0 Å². The second-order valence-corrected chi connectivity index (χ2v) is 7.16. The number of hydrogen-bond acceptors (Lipinski definition) is 3. The van der Waals surface area contributed by atoms with Crippen LogP contribution in [-0.4, -0.2) is 38.5 Å². The third-order valence-electron chi connectivity index (χ3n) is 4.86. The fourth-order valence-electron chi connectivity index (χ4n) is 3.36. The maximum absolute atomic E-state index is 12.9. The average Bonchev–Trinajstić information content (AvgIpc) is 3.15. The summed E-state index contributed by atoms with van der Waals surface area (Å²) in [6, 6.07) is 1.85. The Bertz CT molecular complexity index is 707. The van der Waals surface area contributed by atoms with Gasteiger partial charge in [-0.15, -0.1) is 0 Å². The Hall–Kier alpha value is -1.43. The van der Waals surface area contributed by atoms with Crippen LogP contribution in [0.3, 0.4) is 0 Å². The van der Waals surface area contributed by atoms with Crippen molar-refractivity contribution in [3.8, 4) is 0 Å². The van der Waals surface area contributed by atoms with Crippen LogP contribution in [0.2, 0.25) is 0 Å². The van der Waals surface area contributed by atoms with E-state index in [1.54, 1.807) is 4.52 Å². The lowest BCUT2D eigenvalue weighted by Crippen LogP contribution is -2.32. The van der Waals surface area contributed by atoms with Crippen molar-refractivity contribution < 1.29 is 4.79 Å². The Balaban J connectivity index is 1.64. The topological polar surface area (TPSA) is 50.5 Å². The molecule has 2 aromatic rings. The molecule has 0 atom stereocenters. The quantitative estimate of drug-likeness (QED) is 0.796. The van der Waals surface area contributed by atoms with Gasteiger partial charge in [0.25, 0.3) is 5.91 Å². The maximum atomic E-state index is 12.9. The number of amides is 1. The zero-order valence-corrected chi connectivity index (χ0v) is 13.3. The number of hydrogen-bond donors (Lipinski definition) is 0. The Kier molecular flexibility index (Phi) is 3.03. The van der Waals surface area contributed by atoms with Gasteiger partial charge in [0.2, 0.25) is 0 Å². The fraction of sp³-hybridized carbons (Fsp3) is 0.533. The monoisotopic (exact) mass is 348 g/mol. The molecule has 0 unspecified atom stereocenters. The Morgan fingerprint density at radius 1 is 1.24 bits per heavy atom. The van der Waals surface area contributed by atoms with Gasteiger partial charge in [0, 0.05) is 23.8 Å². The van der Waals surface area contributed by atoms with E-state index in [9.17, 15) is 4.79 Å². The molecule has 1 saturated carbocycles. The van der Waals surface area contributed by atoms with Crippen LogP contribution in [0.15, 0.2) is 23.1 Å². The Morgan fingerprint density at radius 2 is 2.10 bits per heavy atom. The minimum absolute atomic E-state index is 0.0759. The van der Waals surface area contributed by atoms with Crippen LogP contribution in [0, 0.1) is 5.41 Å². The predicted octanol–water partition coefficient (Wildman–Crippen LogP) is 2.90. The molecular formula is C15H17BrN4O. The molecule has 0 aromatic carbocycles. The molecule has 6 heteroatoms. The lowest BCUT2D eigenvalue weighted by atomic mass is 9.98. The summed E-state index contributed by atoms with van der Waals surface area (Å²) in [5.74, 6) is 0.0759. The van der Waals surface area contributed by atoms with E-state index in [1.807, 2.05) is 17.2 Å². The zero-order chi connectivity index (χ0) is 14.4. The van der Waals surface area contributed by atoms with Crippen molar-refractivity contribution in [2.75, 3.05) is 13.1 Å². The van der Waals surface area contributed by atoms with Gasteiger partial charge >= 0.3 is 0 Å². The molecule has 5 nitrogen and oxygen atoms in total. The van der Waals surface area contributed by atoms with E-state index in [2.05, 4.69) is 26.0 Å². The van der Waals surface area contributed by atoms with E-state index in [1.165, 1.54) is 25.6 Å². The summed E-state index contributed by atoms with van der Waals surface area (Å²) in [7, 11) is 0. The number of likely N-dealkylation sites (tertiary alicyclic amines) is 1. The molecule has 1 aliphatic carbocycles. The van der Waals surface area contributed by atoms with Crippen LogP contribution in [0.5, 0.6) is 0 Å². The summed E-state index contributed by atoms with van der Waals surface area (Å²) in [4.78, 5) is 19.1. The molecule has 110 valence electrons. The van der Waals surface area contributed by atoms with Gasteiger partial charge in [-0.05, 0) is 59.5 Å². The number of halogens is 1. The third kappa shape index (κ3) is 2.35. The molecular weight excluding hydrogens is 332 g/mol. The van der Waals surface area contributed by atoms with Crippen molar-refractivity contribution >= 4 is 27.5 Å². The van der Waals surface area contributed by atoms with Gasteiger partial charge in [0.05, 0.1) is 5.56 Å². The van der Waals surface area contributed by atoms with Gasteiger partial charge in [-0.25, -0.2) is 9.50 Å². The molecule has 3 heterocycles. The molecule has 4 rings (SSSR count). The summed E-state index contributed by atoms with van der Waals surface area (Å²) >= 11 is 3.44. The second kappa shape index (κ2) is 4.80. The second-order valence-electron chi connectivity index (χ2n) is 6.25. The van der Waals surface area contributed by atoms with Gasteiger partial charge < -0.3 is 4.90 Å². The number of rotatable bonds is 1. The lowest BCUT2D eigenvalue weighted by molar-refractivity contribution is 0.0760. The number of nitrogens with zero attached hydrogens (tertiary/aromatic N) is 4. The molecule has 1 spiro atoms. The zero-order valence-electron chi connectivity index (χ0n) is 11.8. The van der Waals surface area contributed by atoms with E-state index in [-0.39, 0.29) is 5.91 Å². The van der Waals surface area contributed by atoms with Crippen LogP contribution in [0.25, 0.3) is 5.65 Å². The minimum atomic E-state index is 0.0759. The number of aromatic nitrogens is 3. The number of fused-ring (bicyclic) bond motifs is 1. The molecule has 21 heavy (non-hydrogen) atoms. The molecule has 2 aliphatic rings. The molecule has 1 amide bonds. The van der Waals surface area contributed by atoms with Gasteiger partial charge in [0.1, 0.15) is 6.33 Å². The van der Waals surface area contributed by atoms with Crippen molar-refractivity contribution in [3.63, 3.8) is 0 Å². The molecule has 2 aromatic heterocycles. The summed E-state index contributed by atoms with van der Waals surface area (Å²) in [5, 5.41) is 4.12. The summed E-state index contributed by atoms with van der Waals surface area (Å²) < 4.78 is 2.50. The van der Waals surface area contributed by atoms with Crippen LogP contribution in [0.4, 0.5) is 0 Å². The first-order chi connectivity index (χ1) is 10.2. The number of pyridine rings is 1. The molecule has 1 saturated heterocycles. The summed E-state index contributed by atoms with van der Waals surface area (Å²) in [6.45, 7) is 1.72. The fourth-order valence-corrected chi connectivity index (χ4v) is 3.78. The highest BCUT2D eigenvalue weighted by Gasteiger charge is 2.43. The van der Waals surface area contributed by atoms with Gasteiger partial charge in [-0.2, -0.15) is 5.10 Å². The highest BCUT2D eigenvalue weighted by molar-refractivity contribution is 9.10. The number of carbonyl (C=O) groups is 1. The normalized spacial score (nSPS) is 20.7. The predicted molar refractivity (Wildman–Crippen MR) is 82.1 cm³/mol. The van der Waals surface area contributed by atoms with Gasteiger partial charge in [-0.1, -0.05) is 0 Å². The summed E-state index contributed by atoms with van der Waals surface area (Å²) in [6.07, 6.45) is 9.54. The molecule has 0 radical (unpaired) electrons. The highest BCUT2D eigenvalue weighted by atomic mass is 79.9. The van der Waals surface area contributed by atoms with Crippen LogP contribution < -0.4 is 0 Å². The third-order valence-corrected chi connectivity index (χ3v) is 5.30. The van der Waals surface area contributed by atoms with Gasteiger partial charge in [0.15, 0.2) is 5.65 Å². The standard InChI is InChI=1S/C15H17BrN4O/c16-11-8-12(13-17-10-18-20(13)9-11)14(21)19-6-1-2-15(3-4-15)5-7-19/h8-10H,1-7H2. The largest absolute Gasteiger partial charge is 0.339 e. The van der Waals surface area contributed by atoms with E-state index in [0.29, 0.717) is 16.6 Å². The van der Waals surface area contributed by atoms with Crippen molar-refractivity contribution in [1.29, 1.82) is 0 Å². The van der Waals surface area contributed by atoms with E-state index >= 15 is 0 Å². The minimum Gasteiger partial charge on any atom is -0.339 e. The number of carbonyl (C=O) groups excluding carboxylic acids is 1. The first-order valence-corrected chi connectivity index (χ1v) is 8.24. The highest BCUT2D eigenvalue weighted by Crippen LogP contribution is 2.53. The maximum Gasteiger partial charge on any atom is 0.257 e. The van der Waals surface area contributed by atoms with Crippen LogP contribution >= 0.6 is 15.9 Å². The molecule has 2 fully saturated rings. The molecule has 1 aliphatic heterocycles. The van der Waals surface area contributed by atoms with Gasteiger partial charge in [-0.3, -0.25) is 4.79 Å². The van der Waals surface area contributed by atoms with Crippen molar-refractivity contribution in [2.45, 2.75) is 32.1 Å². The average molecular weight is 349 g/mol. The van der Waals surface area contributed by atoms with Crippen molar-refractivity contribution in [2.24, 2.45) is 5.41 Å². The lowest BCUT2D eigenvalue weighted by Gasteiger charge is -2.21. The van der Waals surface area contributed by atoms with E-state index in [0.717, 1.165) is 30.4 Å². The SMILES string of the molecule is O=C(c1cc(Br)cn2ncnc12)N1CCCC2(CC1)CC2. The Labute approximate surface area is 131 Å². The molecule has 0 bridgehead atoms. The van der Waals surface area contributed by atoms with E-state index in [4.69, 9.17) is 0 Å². The summed E-state index contributed by atoms with van der Waals surface area (Å²) in [5.41, 5.74) is 1.83. The van der Waals surface area contributed by atoms with Crippen LogP contribution in [0.1, 0.15) is 42.5 Å². The first-order valence-electron chi connectivity index (χ1n) is 7.45. The smallest absolute Gasteiger partial charge is 0.257 e. The first kappa shape index (κ1) is 13.2. The Morgan fingerprint density at radius 3 is 2.90 bits per heavy atom. The van der Waals surface area contributed by atoms with Crippen molar-refractivity contribution in [3.05, 3.63) is 28.6 Å². The molecule has 0 N–H and O–H groups in total.